The van der Waals surface area contributed by atoms with Gasteiger partial charge in [0.2, 0.25) is 0 Å². The van der Waals surface area contributed by atoms with Crippen molar-refractivity contribution in [2.24, 2.45) is 0 Å². The zero-order valence-corrected chi connectivity index (χ0v) is 14.2. The van der Waals surface area contributed by atoms with Gasteiger partial charge in [-0.25, -0.2) is 0 Å². The van der Waals surface area contributed by atoms with Crippen LogP contribution in [-0.4, -0.2) is 29.5 Å². The summed E-state index contributed by atoms with van der Waals surface area (Å²) in [7, 11) is 0. The molecule has 3 heteroatoms. The molecule has 0 spiro atoms. The van der Waals surface area contributed by atoms with Crippen molar-refractivity contribution < 1.29 is 0 Å². The fourth-order valence-corrected chi connectivity index (χ4v) is 3.93. The van der Waals surface area contributed by atoms with Gasteiger partial charge in [-0.2, -0.15) is 0 Å². The van der Waals surface area contributed by atoms with Crippen LogP contribution in [0.5, 0.6) is 0 Å². The van der Waals surface area contributed by atoms with Crippen LogP contribution in [0, 0.1) is 0 Å². The highest BCUT2D eigenvalue weighted by Crippen LogP contribution is 2.23. The second kappa shape index (κ2) is 6.32. The van der Waals surface area contributed by atoms with E-state index >= 15 is 0 Å². The van der Waals surface area contributed by atoms with Gasteiger partial charge in [0.25, 0.3) is 0 Å². The Morgan fingerprint density at radius 3 is 2.26 bits per heavy atom. The topological polar surface area (TPSA) is 6.48 Å². The summed E-state index contributed by atoms with van der Waals surface area (Å²) in [5.41, 5.74) is 5.38. The van der Waals surface area contributed by atoms with Crippen LogP contribution < -0.4 is 4.90 Å². The minimum atomic E-state index is 0.933. The Morgan fingerprint density at radius 1 is 0.826 bits per heavy atom. The molecule has 2 aliphatic rings. The summed E-state index contributed by atoms with van der Waals surface area (Å²) in [4.78, 5) is 5.78. The van der Waals surface area contributed by atoms with E-state index < -0.39 is 0 Å². The lowest BCUT2D eigenvalue weighted by Gasteiger charge is -2.31. The van der Waals surface area contributed by atoms with Crippen LogP contribution in [0.4, 0.5) is 5.69 Å². The van der Waals surface area contributed by atoms with Gasteiger partial charge in [-0.1, -0.05) is 36.5 Å². The summed E-state index contributed by atoms with van der Waals surface area (Å²) in [5, 5.41) is 0. The van der Waals surface area contributed by atoms with E-state index in [1.807, 2.05) is 0 Å². The quantitative estimate of drug-likeness (QED) is 0.771. The molecule has 2 nitrogen and oxygen atoms in total. The highest BCUT2D eigenvalue weighted by Gasteiger charge is 2.19. The van der Waals surface area contributed by atoms with Crippen molar-refractivity contribution in [1.82, 2.24) is 4.90 Å². The molecule has 0 amide bonds. The number of nitrogens with zero attached hydrogens (tertiary/aromatic N) is 2. The monoisotopic (exact) mass is 322 g/mol. The van der Waals surface area contributed by atoms with Gasteiger partial charge in [0, 0.05) is 37.4 Å². The summed E-state index contributed by atoms with van der Waals surface area (Å²) < 4.78 is 0. The second-order valence-corrected chi connectivity index (χ2v) is 6.87. The van der Waals surface area contributed by atoms with E-state index in [1.54, 1.807) is 0 Å². The highest BCUT2D eigenvalue weighted by atomic mass is 32.1. The van der Waals surface area contributed by atoms with Crippen LogP contribution in [0.15, 0.2) is 48.5 Å². The number of benzene rings is 2. The Morgan fingerprint density at radius 2 is 1.52 bits per heavy atom. The molecule has 0 aliphatic carbocycles. The van der Waals surface area contributed by atoms with Crippen molar-refractivity contribution >= 4 is 22.9 Å². The largest absolute Gasteiger partial charge is 0.372 e. The SMILES string of the molecule is S=C(c1ccc(N2CCCC2)cc1)N1CCc2ccccc2C1. The molecule has 2 aliphatic heterocycles. The first-order valence-corrected chi connectivity index (χ1v) is 8.93. The minimum absolute atomic E-state index is 0.933. The molecule has 0 aromatic heterocycles. The lowest BCUT2D eigenvalue weighted by Crippen LogP contribution is -2.35. The summed E-state index contributed by atoms with van der Waals surface area (Å²) in [6, 6.07) is 17.5. The van der Waals surface area contributed by atoms with Gasteiger partial charge in [0.1, 0.15) is 4.99 Å². The summed E-state index contributed by atoms with van der Waals surface area (Å²) >= 11 is 5.76. The molecule has 0 saturated carbocycles. The Labute approximate surface area is 143 Å². The third-order valence-corrected chi connectivity index (χ3v) is 5.50. The first-order chi connectivity index (χ1) is 11.3. The van der Waals surface area contributed by atoms with Gasteiger partial charge in [0.15, 0.2) is 0 Å². The molecule has 23 heavy (non-hydrogen) atoms. The lowest BCUT2D eigenvalue weighted by molar-refractivity contribution is 0.401. The van der Waals surface area contributed by atoms with Crippen LogP contribution in [0.3, 0.4) is 0 Å². The molecule has 0 N–H and O–H groups in total. The molecule has 2 aromatic carbocycles. The molecule has 2 aromatic rings. The second-order valence-electron chi connectivity index (χ2n) is 6.49. The van der Waals surface area contributed by atoms with E-state index in [0.717, 1.165) is 24.5 Å². The van der Waals surface area contributed by atoms with E-state index in [1.165, 1.54) is 48.3 Å². The van der Waals surface area contributed by atoms with Gasteiger partial charge in [-0.05, 0) is 54.7 Å². The molecule has 1 fully saturated rings. The van der Waals surface area contributed by atoms with Crippen molar-refractivity contribution in [2.75, 3.05) is 24.5 Å². The maximum Gasteiger partial charge on any atom is 0.109 e. The van der Waals surface area contributed by atoms with E-state index in [4.69, 9.17) is 12.2 Å². The minimum Gasteiger partial charge on any atom is -0.372 e. The zero-order valence-electron chi connectivity index (χ0n) is 13.4. The Hall–Kier alpha value is -1.87. The summed E-state index contributed by atoms with van der Waals surface area (Å²) in [5.74, 6) is 0. The molecular formula is C20H22N2S. The van der Waals surface area contributed by atoms with Gasteiger partial charge in [0.05, 0.1) is 0 Å². The van der Waals surface area contributed by atoms with Crippen LogP contribution in [0.2, 0.25) is 0 Å². The van der Waals surface area contributed by atoms with Crippen molar-refractivity contribution in [3.63, 3.8) is 0 Å². The number of hydrogen-bond donors (Lipinski definition) is 0. The summed E-state index contributed by atoms with van der Waals surface area (Å²) in [6.45, 7) is 4.33. The molecule has 0 atom stereocenters. The van der Waals surface area contributed by atoms with Crippen molar-refractivity contribution in [1.29, 1.82) is 0 Å². The maximum absolute atomic E-state index is 5.76. The van der Waals surface area contributed by atoms with Gasteiger partial charge >= 0.3 is 0 Å². The van der Waals surface area contributed by atoms with Crippen LogP contribution >= 0.6 is 12.2 Å². The van der Waals surface area contributed by atoms with E-state index in [2.05, 4.69) is 58.3 Å². The van der Waals surface area contributed by atoms with Crippen molar-refractivity contribution in [2.45, 2.75) is 25.8 Å². The van der Waals surface area contributed by atoms with Crippen LogP contribution in [0.25, 0.3) is 0 Å². The molecule has 0 bridgehead atoms. The average molecular weight is 322 g/mol. The first-order valence-electron chi connectivity index (χ1n) is 8.52. The zero-order chi connectivity index (χ0) is 15.6. The van der Waals surface area contributed by atoms with Crippen molar-refractivity contribution in [3.8, 4) is 0 Å². The number of thiocarbonyl (C=S) groups is 1. The van der Waals surface area contributed by atoms with Crippen LogP contribution in [0.1, 0.15) is 29.5 Å². The van der Waals surface area contributed by atoms with E-state index in [0.29, 0.717) is 0 Å². The summed E-state index contributed by atoms with van der Waals surface area (Å²) in [6.07, 6.45) is 3.71. The Bertz CT molecular complexity index is 702. The first kappa shape index (κ1) is 14.7. The standard InChI is InChI=1S/C20H22N2S/c23-20(22-14-11-16-5-1-2-6-18(16)15-22)17-7-9-19(10-8-17)21-12-3-4-13-21/h1-2,5-10H,3-4,11-15H2. The number of anilines is 1. The van der Waals surface area contributed by atoms with E-state index in [9.17, 15) is 0 Å². The van der Waals surface area contributed by atoms with Gasteiger partial charge in [-0.3, -0.25) is 0 Å². The maximum atomic E-state index is 5.76. The number of hydrogen-bond acceptors (Lipinski definition) is 2. The fourth-order valence-electron chi connectivity index (χ4n) is 3.64. The molecule has 4 rings (SSSR count). The van der Waals surface area contributed by atoms with Gasteiger partial charge < -0.3 is 9.80 Å². The van der Waals surface area contributed by atoms with Crippen molar-refractivity contribution in [3.05, 3.63) is 65.2 Å². The Kier molecular flexibility index (Phi) is 4.04. The molecular weight excluding hydrogens is 300 g/mol. The third kappa shape index (κ3) is 2.98. The van der Waals surface area contributed by atoms with Crippen LogP contribution in [-0.2, 0) is 13.0 Å². The molecule has 2 heterocycles. The highest BCUT2D eigenvalue weighted by molar-refractivity contribution is 7.80. The molecule has 118 valence electrons. The number of rotatable bonds is 2. The predicted molar refractivity (Wildman–Crippen MR) is 100 cm³/mol. The average Bonchev–Trinajstić information content (AvgIpc) is 3.15. The molecule has 1 saturated heterocycles. The van der Waals surface area contributed by atoms with E-state index in [-0.39, 0.29) is 0 Å². The molecule has 0 unspecified atom stereocenters. The molecule has 0 radical (unpaired) electrons. The smallest absolute Gasteiger partial charge is 0.109 e. The van der Waals surface area contributed by atoms with Gasteiger partial charge in [-0.15, -0.1) is 0 Å². The third-order valence-electron chi connectivity index (χ3n) is 5.00. The Balaban J connectivity index is 1.49. The predicted octanol–water partition coefficient (Wildman–Crippen LogP) is 4.02. The lowest BCUT2D eigenvalue weighted by atomic mass is 9.99. The fraction of sp³-hybridized carbons (Fsp3) is 0.350. The normalized spacial score (nSPS) is 17.2. The number of fused-ring (bicyclic) bond motifs is 1.